The van der Waals surface area contributed by atoms with Crippen molar-refractivity contribution in [2.75, 3.05) is 18.5 Å². The monoisotopic (exact) mass is 233 g/mol. The quantitative estimate of drug-likeness (QED) is 0.599. The average molecular weight is 233 g/mol. The van der Waals surface area contributed by atoms with Crippen molar-refractivity contribution in [3.8, 4) is 0 Å². The lowest BCUT2D eigenvalue weighted by Gasteiger charge is -2.05. The Kier molecular flexibility index (Phi) is 5.00. The second-order valence-corrected chi connectivity index (χ2v) is 3.60. The number of hydrogen-bond acceptors (Lipinski definition) is 4. The van der Waals surface area contributed by atoms with Crippen molar-refractivity contribution in [3.05, 3.63) is 30.0 Å². The van der Waals surface area contributed by atoms with Gasteiger partial charge >= 0.3 is 0 Å². The summed E-state index contributed by atoms with van der Waals surface area (Å²) in [5.74, 6) is 0.504. The maximum atomic E-state index is 5.80. The molecular formula is C12H19N5. The first-order valence-corrected chi connectivity index (χ1v) is 5.48. The van der Waals surface area contributed by atoms with Crippen LogP contribution in [0.3, 0.4) is 0 Å². The number of rotatable bonds is 5. The molecule has 0 saturated heterocycles. The van der Waals surface area contributed by atoms with Crippen LogP contribution in [-0.4, -0.2) is 23.0 Å². The van der Waals surface area contributed by atoms with E-state index in [1.54, 1.807) is 17.9 Å². The van der Waals surface area contributed by atoms with Gasteiger partial charge in [-0.25, -0.2) is 4.68 Å². The molecule has 92 valence electrons. The topological polar surface area (TPSA) is 82.2 Å². The third-order valence-corrected chi connectivity index (χ3v) is 2.29. The van der Waals surface area contributed by atoms with Gasteiger partial charge in [0.25, 0.3) is 0 Å². The van der Waals surface area contributed by atoms with Crippen LogP contribution >= 0.6 is 0 Å². The lowest BCUT2D eigenvalue weighted by Crippen LogP contribution is -2.07. The molecule has 0 aliphatic heterocycles. The highest BCUT2D eigenvalue weighted by atomic mass is 15.3. The Morgan fingerprint density at radius 3 is 2.82 bits per heavy atom. The molecule has 1 aromatic rings. The van der Waals surface area contributed by atoms with E-state index in [1.807, 2.05) is 25.3 Å². The molecule has 0 fully saturated rings. The van der Waals surface area contributed by atoms with Crippen LogP contribution in [0.5, 0.6) is 0 Å². The first-order chi connectivity index (χ1) is 8.19. The second kappa shape index (κ2) is 6.52. The van der Waals surface area contributed by atoms with E-state index in [-0.39, 0.29) is 0 Å². The molecule has 0 amide bonds. The van der Waals surface area contributed by atoms with E-state index < -0.39 is 0 Å². The molecule has 0 aliphatic carbocycles. The van der Waals surface area contributed by atoms with Gasteiger partial charge in [-0.3, -0.25) is 0 Å². The molecule has 0 bridgehead atoms. The summed E-state index contributed by atoms with van der Waals surface area (Å²) in [6, 6.07) is 0. The highest BCUT2D eigenvalue weighted by Gasteiger charge is 2.04. The third kappa shape index (κ3) is 3.79. The van der Waals surface area contributed by atoms with Crippen molar-refractivity contribution in [1.82, 2.24) is 9.78 Å². The predicted octanol–water partition coefficient (Wildman–Crippen LogP) is 1.64. The Morgan fingerprint density at radius 2 is 2.29 bits per heavy atom. The lowest BCUT2D eigenvalue weighted by atomic mass is 10.2. The highest BCUT2D eigenvalue weighted by molar-refractivity contribution is 5.60. The summed E-state index contributed by atoms with van der Waals surface area (Å²) >= 11 is 0. The van der Waals surface area contributed by atoms with Gasteiger partial charge in [-0.05, 0) is 12.5 Å². The van der Waals surface area contributed by atoms with Crippen LogP contribution in [0.4, 0.5) is 11.5 Å². The standard InChI is InChI=1S/C12H19N5/c1-3-5-10(6-4-7-15-2)9-17-12(14)11(13)8-16-17/h3,5-8H,4,9,13-14H2,1-2H3. The van der Waals surface area contributed by atoms with Gasteiger partial charge in [0.1, 0.15) is 5.82 Å². The van der Waals surface area contributed by atoms with Crippen LogP contribution in [0, 0.1) is 0 Å². The number of hydrogen-bond donors (Lipinski definition) is 2. The molecule has 0 radical (unpaired) electrons. The summed E-state index contributed by atoms with van der Waals surface area (Å²) in [6.45, 7) is 2.59. The minimum Gasteiger partial charge on any atom is -0.394 e. The van der Waals surface area contributed by atoms with Crippen molar-refractivity contribution in [1.29, 1.82) is 0 Å². The van der Waals surface area contributed by atoms with Crippen LogP contribution in [0.15, 0.2) is 35.0 Å². The fraction of sp³-hybridized carbons (Fsp3) is 0.333. The lowest BCUT2D eigenvalue weighted by molar-refractivity contribution is 0.695. The zero-order valence-electron chi connectivity index (χ0n) is 10.3. The zero-order valence-corrected chi connectivity index (χ0v) is 10.3. The van der Waals surface area contributed by atoms with Gasteiger partial charge in [0, 0.05) is 19.7 Å². The number of allylic oxidation sites excluding steroid dienone is 4. The largest absolute Gasteiger partial charge is 0.394 e. The summed E-state index contributed by atoms with van der Waals surface area (Å²) in [6.07, 6.45) is 10.3. The third-order valence-electron chi connectivity index (χ3n) is 2.29. The molecule has 0 saturated carbocycles. The molecule has 4 N–H and O–H groups in total. The number of nitrogens with zero attached hydrogens (tertiary/aromatic N) is 3. The molecule has 0 unspecified atom stereocenters. The van der Waals surface area contributed by atoms with E-state index in [2.05, 4.69) is 16.2 Å². The summed E-state index contributed by atoms with van der Waals surface area (Å²) < 4.78 is 1.68. The Bertz CT molecular complexity index is 440. The number of nitrogen functional groups attached to an aromatic ring is 2. The van der Waals surface area contributed by atoms with E-state index in [4.69, 9.17) is 11.5 Å². The Hall–Kier alpha value is -2.04. The summed E-state index contributed by atoms with van der Waals surface area (Å²) in [5.41, 5.74) is 13.1. The number of aromatic nitrogens is 2. The summed E-state index contributed by atoms with van der Waals surface area (Å²) in [5, 5.41) is 4.12. The average Bonchev–Trinajstić information content (AvgIpc) is 2.61. The number of nitrogens with two attached hydrogens (primary N) is 2. The molecule has 1 heterocycles. The van der Waals surface area contributed by atoms with Crippen LogP contribution in [0.25, 0.3) is 0 Å². The van der Waals surface area contributed by atoms with E-state index in [0.717, 1.165) is 12.0 Å². The number of aliphatic imine (C=N–C) groups is 1. The molecule has 0 atom stereocenters. The second-order valence-electron chi connectivity index (χ2n) is 3.60. The van der Waals surface area contributed by atoms with E-state index in [0.29, 0.717) is 18.1 Å². The van der Waals surface area contributed by atoms with Crippen molar-refractivity contribution in [2.24, 2.45) is 4.99 Å². The van der Waals surface area contributed by atoms with Crippen LogP contribution in [0.1, 0.15) is 13.3 Å². The molecule has 0 aromatic carbocycles. The molecule has 0 spiro atoms. The van der Waals surface area contributed by atoms with Gasteiger partial charge < -0.3 is 16.5 Å². The van der Waals surface area contributed by atoms with Crippen molar-refractivity contribution in [2.45, 2.75) is 19.9 Å². The van der Waals surface area contributed by atoms with Gasteiger partial charge in [-0.1, -0.05) is 18.2 Å². The first-order valence-electron chi connectivity index (χ1n) is 5.48. The minimum absolute atomic E-state index is 0.504. The summed E-state index contributed by atoms with van der Waals surface area (Å²) in [7, 11) is 1.76. The Labute approximate surface area is 102 Å². The van der Waals surface area contributed by atoms with Crippen molar-refractivity contribution in [3.63, 3.8) is 0 Å². The molecule has 5 nitrogen and oxygen atoms in total. The van der Waals surface area contributed by atoms with E-state index in [1.165, 1.54) is 0 Å². The van der Waals surface area contributed by atoms with Gasteiger partial charge in [0.2, 0.25) is 0 Å². The predicted molar refractivity (Wildman–Crippen MR) is 73.0 cm³/mol. The summed E-state index contributed by atoms with van der Waals surface area (Å²) in [4.78, 5) is 3.94. The molecule has 0 aliphatic rings. The van der Waals surface area contributed by atoms with Crippen LogP contribution in [0.2, 0.25) is 0 Å². The number of anilines is 2. The minimum atomic E-state index is 0.504. The molecule has 17 heavy (non-hydrogen) atoms. The fourth-order valence-electron chi connectivity index (χ4n) is 1.42. The van der Waals surface area contributed by atoms with Gasteiger partial charge in [-0.15, -0.1) is 0 Å². The van der Waals surface area contributed by atoms with Gasteiger partial charge in [0.15, 0.2) is 0 Å². The molecular weight excluding hydrogens is 214 g/mol. The maximum Gasteiger partial charge on any atom is 0.145 e. The first kappa shape index (κ1) is 13.0. The molecule has 1 aromatic heterocycles. The molecule has 1 rings (SSSR count). The smallest absolute Gasteiger partial charge is 0.145 e. The normalized spacial score (nSPS) is 12.9. The van der Waals surface area contributed by atoms with Gasteiger partial charge in [0.05, 0.1) is 18.4 Å². The fourth-order valence-corrected chi connectivity index (χ4v) is 1.42. The van der Waals surface area contributed by atoms with Crippen LogP contribution < -0.4 is 11.5 Å². The highest BCUT2D eigenvalue weighted by Crippen LogP contribution is 2.14. The van der Waals surface area contributed by atoms with Crippen molar-refractivity contribution >= 4 is 17.7 Å². The Morgan fingerprint density at radius 1 is 1.53 bits per heavy atom. The van der Waals surface area contributed by atoms with E-state index >= 15 is 0 Å². The van der Waals surface area contributed by atoms with Crippen LogP contribution in [-0.2, 0) is 6.54 Å². The van der Waals surface area contributed by atoms with Crippen molar-refractivity contribution < 1.29 is 0 Å². The zero-order chi connectivity index (χ0) is 12.7. The van der Waals surface area contributed by atoms with E-state index in [9.17, 15) is 0 Å². The SMILES string of the molecule is CC=CC(=CCC=NC)Cn1ncc(N)c1N. The Balaban J connectivity index is 2.80. The molecule has 5 heteroatoms. The van der Waals surface area contributed by atoms with Gasteiger partial charge in [-0.2, -0.15) is 5.10 Å². The maximum absolute atomic E-state index is 5.80.